The highest BCUT2D eigenvalue weighted by molar-refractivity contribution is 7.89. The first kappa shape index (κ1) is 14.8. The van der Waals surface area contributed by atoms with E-state index in [1.54, 1.807) is 6.92 Å². The second-order valence-corrected chi connectivity index (χ2v) is 5.51. The normalized spacial score (nSPS) is 13.2. The number of nitrogens with one attached hydrogen (secondary N) is 1. The lowest BCUT2D eigenvalue weighted by molar-refractivity contribution is -0.136. The van der Waals surface area contributed by atoms with Crippen molar-refractivity contribution in [2.45, 2.75) is 24.4 Å². The zero-order valence-electron chi connectivity index (χ0n) is 9.53. The van der Waals surface area contributed by atoms with E-state index in [-0.39, 0.29) is 18.8 Å². The lowest BCUT2D eigenvalue weighted by Gasteiger charge is -2.22. The predicted octanol–water partition coefficient (Wildman–Crippen LogP) is 0.955. The Morgan fingerprint density at radius 2 is 2.11 bits per heavy atom. The van der Waals surface area contributed by atoms with Crippen LogP contribution >= 0.6 is 0 Å². The van der Waals surface area contributed by atoms with E-state index < -0.39 is 27.6 Å². The Bertz CT molecular complexity index is 497. The number of sulfonamides is 1. The molecule has 0 amide bonds. The molecule has 1 aromatic rings. The van der Waals surface area contributed by atoms with Gasteiger partial charge in [-0.05, 0) is 6.42 Å². The number of anilines is 1. The topological polar surface area (TPSA) is 92.1 Å². The highest BCUT2D eigenvalue weighted by Crippen LogP contribution is 2.24. The van der Waals surface area contributed by atoms with Crippen molar-refractivity contribution >= 4 is 15.8 Å². The Kier molecular flexibility index (Phi) is 4.22. The minimum absolute atomic E-state index is 0.244. The fraction of sp³-hybridized carbons (Fsp3) is 0.625. The second kappa shape index (κ2) is 5.14. The van der Waals surface area contributed by atoms with Crippen molar-refractivity contribution in [1.82, 2.24) is 14.5 Å². The van der Waals surface area contributed by atoms with Crippen LogP contribution in [0.3, 0.4) is 0 Å². The summed E-state index contributed by atoms with van der Waals surface area (Å²) in [5, 5.41) is 5.57. The number of hydrogen-bond acceptors (Lipinski definition) is 4. The first-order chi connectivity index (χ1) is 8.18. The average molecular weight is 286 g/mol. The summed E-state index contributed by atoms with van der Waals surface area (Å²) in [6, 6.07) is 0. The zero-order valence-corrected chi connectivity index (χ0v) is 10.3. The van der Waals surface area contributed by atoms with Crippen molar-refractivity contribution in [1.29, 1.82) is 0 Å². The van der Waals surface area contributed by atoms with Gasteiger partial charge in [0.2, 0.25) is 10.0 Å². The maximum Gasteiger partial charge on any atom is 0.402 e. The summed E-state index contributed by atoms with van der Waals surface area (Å²) in [5.74, 6) is -0.279. The number of alkyl halides is 3. The van der Waals surface area contributed by atoms with Crippen molar-refractivity contribution in [3.05, 3.63) is 6.20 Å². The maximum atomic E-state index is 12.3. The molecule has 0 atom stereocenters. The van der Waals surface area contributed by atoms with E-state index in [1.807, 2.05) is 0 Å². The number of H-pyrrole nitrogens is 1. The third kappa shape index (κ3) is 3.35. The van der Waals surface area contributed by atoms with Gasteiger partial charge in [0, 0.05) is 6.54 Å². The molecule has 104 valence electrons. The Labute approximate surface area is 102 Å². The number of halogens is 3. The minimum Gasteiger partial charge on any atom is -0.383 e. The van der Waals surface area contributed by atoms with Crippen LogP contribution in [0.5, 0.6) is 0 Å². The standard InChI is InChI=1S/C8H13F3N4O2S/c1-2-3-15(5-8(9,10)11)18(16,17)6-4-13-14-7(6)12/h4H,2-3,5H2,1H3,(H3,12,13,14). The molecule has 0 radical (unpaired) electrons. The van der Waals surface area contributed by atoms with Crippen molar-refractivity contribution < 1.29 is 21.6 Å². The zero-order chi connectivity index (χ0) is 14.0. The highest BCUT2D eigenvalue weighted by Gasteiger charge is 2.37. The summed E-state index contributed by atoms with van der Waals surface area (Å²) in [6.07, 6.45) is -3.46. The van der Waals surface area contributed by atoms with Crippen molar-refractivity contribution in [3.8, 4) is 0 Å². The summed E-state index contributed by atoms with van der Waals surface area (Å²) >= 11 is 0. The average Bonchev–Trinajstić information content (AvgIpc) is 2.62. The molecule has 3 N–H and O–H groups in total. The molecular weight excluding hydrogens is 273 g/mol. The molecule has 0 saturated carbocycles. The van der Waals surface area contributed by atoms with Gasteiger partial charge in [-0.3, -0.25) is 5.10 Å². The maximum absolute atomic E-state index is 12.3. The van der Waals surface area contributed by atoms with Crippen LogP contribution < -0.4 is 5.73 Å². The number of aromatic amines is 1. The van der Waals surface area contributed by atoms with Crippen molar-refractivity contribution in [2.75, 3.05) is 18.8 Å². The predicted molar refractivity (Wildman–Crippen MR) is 58.1 cm³/mol. The molecule has 0 fully saturated rings. The number of rotatable bonds is 5. The Morgan fingerprint density at radius 1 is 1.50 bits per heavy atom. The largest absolute Gasteiger partial charge is 0.402 e. The third-order valence-corrected chi connectivity index (χ3v) is 3.95. The highest BCUT2D eigenvalue weighted by atomic mass is 32.2. The summed E-state index contributed by atoms with van der Waals surface area (Å²) in [4.78, 5) is -0.444. The molecule has 0 saturated heterocycles. The van der Waals surface area contributed by atoms with E-state index in [1.165, 1.54) is 0 Å². The van der Waals surface area contributed by atoms with Gasteiger partial charge < -0.3 is 5.73 Å². The Morgan fingerprint density at radius 3 is 2.50 bits per heavy atom. The van der Waals surface area contributed by atoms with Gasteiger partial charge in [-0.1, -0.05) is 6.92 Å². The van der Waals surface area contributed by atoms with Crippen LogP contribution in [0.1, 0.15) is 13.3 Å². The van der Waals surface area contributed by atoms with Crippen LogP contribution in [-0.2, 0) is 10.0 Å². The van der Waals surface area contributed by atoms with E-state index in [9.17, 15) is 21.6 Å². The van der Waals surface area contributed by atoms with E-state index in [4.69, 9.17) is 5.73 Å². The van der Waals surface area contributed by atoms with Gasteiger partial charge in [0.05, 0.1) is 6.20 Å². The molecule has 10 heteroatoms. The second-order valence-electron chi connectivity index (χ2n) is 3.60. The molecule has 6 nitrogen and oxygen atoms in total. The van der Waals surface area contributed by atoms with Gasteiger partial charge in [-0.15, -0.1) is 0 Å². The van der Waals surface area contributed by atoms with E-state index in [0.717, 1.165) is 6.20 Å². The van der Waals surface area contributed by atoms with Crippen LogP contribution in [0, 0.1) is 0 Å². The van der Waals surface area contributed by atoms with Crippen LogP contribution in [0.15, 0.2) is 11.1 Å². The number of nitrogens with two attached hydrogens (primary N) is 1. The minimum atomic E-state index is -4.61. The molecule has 1 rings (SSSR count). The molecule has 0 aliphatic carbocycles. The Hall–Kier alpha value is -1.29. The molecule has 1 heterocycles. The Balaban J connectivity index is 3.09. The quantitative estimate of drug-likeness (QED) is 0.843. The lowest BCUT2D eigenvalue weighted by Crippen LogP contribution is -2.39. The first-order valence-electron chi connectivity index (χ1n) is 5.04. The van der Waals surface area contributed by atoms with Gasteiger partial charge in [0.25, 0.3) is 0 Å². The van der Waals surface area contributed by atoms with E-state index in [0.29, 0.717) is 4.31 Å². The molecular formula is C8H13F3N4O2S. The van der Waals surface area contributed by atoms with Gasteiger partial charge in [0.1, 0.15) is 17.3 Å². The third-order valence-electron chi connectivity index (χ3n) is 2.08. The molecule has 0 aliphatic rings. The fourth-order valence-electron chi connectivity index (χ4n) is 1.36. The molecule has 18 heavy (non-hydrogen) atoms. The van der Waals surface area contributed by atoms with Crippen LogP contribution in [0.25, 0.3) is 0 Å². The molecule has 0 unspecified atom stereocenters. The number of nitrogens with zero attached hydrogens (tertiary/aromatic N) is 2. The van der Waals surface area contributed by atoms with Gasteiger partial charge in [0.15, 0.2) is 0 Å². The smallest absolute Gasteiger partial charge is 0.383 e. The number of aromatic nitrogens is 2. The monoisotopic (exact) mass is 286 g/mol. The lowest BCUT2D eigenvalue weighted by atomic mass is 10.5. The van der Waals surface area contributed by atoms with Crippen LogP contribution in [-0.4, -0.2) is 42.2 Å². The molecule has 0 bridgehead atoms. The number of hydrogen-bond donors (Lipinski definition) is 2. The van der Waals surface area contributed by atoms with Gasteiger partial charge in [-0.2, -0.15) is 22.6 Å². The number of nitrogen functional groups attached to an aromatic ring is 1. The van der Waals surface area contributed by atoms with Crippen LogP contribution in [0.2, 0.25) is 0 Å². The SMILES string of the molecule is CCCN(CC(F)(F)F)S(=O)(=O)c1cn[nH]c1N. The summed E-state index contributed by atoms with van der Waals surface area (Å²) in [7, 11) is -4.29. The molecule has 0 aromatic carbocycles. The van der Waals surface area contributed by atoms with Crippen molar-refractivity contribution in [3.63, 3.8) is 0 Å². The van der Waals surface area contributed by atoms with Gasteiger partial charge >= 0.3 is 6.18 Å². The fourth-order valence-corrected chi connectivity index (χ4v) is 2.89. The summed E-state index contributed by atoms with van der Waals surface area (Å²) in [6.45, 7) is -0.210. The van der Waals surface area contributed by atoms with Gasteiger partial charge in [-0.25, -0.2) is 8.42 Å². The first-order valence-corrected chi connectivity index (χ1v) is 6.48. The van der Waals surface area contributed by atoms with E-state index in [2.05, 4.69) is 10.2 Å². The molecule has 1 aromatic heterocycles. The van der Waals surface area contributed by atoms with E-state index >= 15 is 0 Å². The van der Waals surface area contributed by atoms with Crippen molar-refractivity contribution in [2.24, 2.45) is 0 Å². The molecule has 0 aliphatic heterocycles. The molecule has 0 spiro atoms. The van der Waals surface area contributed by atoms with Crippen LogP contribution in [0.4, 0.5) is 19.0 Å². The summed E-state index contributed by atoms with van der Waals surface area (Å²) in [5.41, 5.74) is 5.32. The summed E-state index contributed by atoms with van der Waals surface area (Å²) < 4.78 is 61.3.